The van der Waals surface area contributed by atoms with Crippen LogP contribution in [0.3, 0.4) is 0 Å². The van der Waals surface area contributed by atoms with Crippen LogP contribution in [0.2, 0.25) is 0 Å². The highest BCUT2D eigenvalue weighted by Gasteiger charge is 2.41. The van der Waals surface area contributed by atoms with Crippen molar-refractivity contribution in [1.82, 2.24) is 25.3 Å². The maximum Gasteiger partial charge on any atom is 0.318 e. The van der Waals surface area contributed by atoms with Gasteiger partial charge in [0.25, 0.3) is 0 Å². The number of thioether (sulfide) groups is 1. The van der Waals surface area contributed by atoms with Gasteiger partial charge in [0.15, 0.2) is 0 Å². The fraction of sp³-hybridized carbons (Fsp3) is 0.833. The standard InChI is InChI=1S/C18H29N5O2S/c1-14-20-21-16(25-14)15-5-4-8-23(15)17(24)19-13-18(6-2-3-7-18)22-9-11-26-12-10-22/h15H,2-13H2,1H3,(H,19,24). The summed E-state index contributed by atoms with van der Waals surface area (Å²) >= 11 is 2.04. The lowest BCUT2D eigenvalue weighted by Gasteiger charge is -2.43. The van der Waals surface area contributed by atoms with Crippen LogP contribution in [0.1, 0.15) is 56.3 Å². The Kier molecular flexibility index (Phi) is 5.40. The third-order valence-corrected chi connectivity index (χ3v) is 7.07. The molecule has 2 saturated heterocycles. The number of urea groups is 1. The van der Waals surface area contributed by atoms with Gasteiger partial charge in [0, 0.05) is 50.1 Å². The van der Waals surface area contributed by atoms with Crippen molar-refractivity contribution in [3.05, 3.63) is 11.8 Å². The van der Waals surface area contributed by atoms with Gasteiger partial charge in [-0.05, 0) is 25.7 Å². The highest BCUT2D eigenvalue weighted by molar-refractivity contribution is 7.99. The Morgan fingerprint density at radius 2 is 2.00 bits per heavy atom. The molecule has 1 saturated carbocycles. The number of aryl methyl sites for hydroxylation is 1. The first-order chi connectivity index (χ1) is 12.7. The van der Waals surface area contributed by atoms with E-state index in [2.05, 4.69) is 20.4 Å². The topological polar surface area (TPSA) is 74.5 Å². The summed E-state index contributed by atoms with van der Waals surface area (Å²) < 4.78 is 5.59. The Labute approximate surface area is 159 Å². The predicted octanol–water partition coefficient (Wildman–Crippen LogP) is 2.59. The van der Waals surface area contributed by atoms with Gasteiger partial charge < -0.3 is 14.6 Å². The highest BCUT2D eigenvalue weighted by atomic mass is 32.2. The molecule has 3 aliphatic rings. The van der Waals surface area contributed by atoms with Crippen LogP contribution >= 0.6 is 11.8 Å². The van der Waals surface area contributed by atoms with Crippen molar-refractivity contribution < 1.29 is 9.21 Å². The number of nitrogens with zero attached hydrogens (tertiary/aromatic N) is 4. The lowest BCUT2D eigenvalue weighted by molar-refractivity contribution is 0.100. The molecule has 1 atom stereocenters. The summed E-state index contributed by atoms with van der Waals surface area (Å²) in [6, 6.07) is -0.0665. The Morgan fingerprint density at radius 3 is 2.69 bits per heavy atom. The molecule has 26 heavy (non-hydrogen) atoms. The highest BCUT2D eigenvalue weighted by Crippen LogP contribution is 2.37. The van der Waals surface area contributed by atoms with Crippen molar-refractivity contribution in [2.24, 2.45) is 0 Å². The molecule has 3 heterocycles. The van der Waals surface area contributed by atoms with E-state index in [1.165, 1.54) is 37.2 Å². The van der Waals surface area contributed by atoms with E-state index in [0.717, 1.165) is 39.0 Å². The van der Waals surface area contributed by atoms with Gasteiger partial charge >= 0.3 is 6.03 Å². The number of nitrogens with one attached hydrogen (secondary N) is 1. The van der Waals surface area contributed by atoms with Crippen LogP contribution < -0.4 is 5.32 Å². The average Bonchev–Trinajstić information content (AvgIpc) is 3.41. The second-order valence-electron chi connectivity index (χ2n) is 7.70. The van der Waals surface area contributed by atoms with Gasteiger partial charge in [-0.1, -0.05) is 12.8 Å². The maximum absolute atomic E-state index is 12.9. The van der Waals surface area contributed by atoms with E-state index in [1.54, 1.807) is 6.92 Å². The molecule has 7 nitrogen and oxygen atoms in total. The molecule has 1 aromatic heterocycles. The lowest BCUT2D eigenvalue weighted by atomic mass is 9.94. The summed E-state index contributed by atoms with van der Waals surface area (Å²) in [5.41, 5.74) is 0.160. The molecule has 144 valence electrons. The van der Waals surface area contributed by atoms with Crippen LogP contribution in [0.4, 0.5) is 4.79 Å². The first-order valence-corrected chi connectivity index (χ1v) is 11.0. The number of aromatic nitrogens is 2. The monoisotopic (exact) mass is 379 g/mol. The SMILES string of the molecule is Cc1nnc(C2CCCN2C(=O)NCC2(N3CCSCC3)CCCC2)o1. The lowest BCUT2D eigenvalue weighted by Crippen LogP contribution is -2.57. The van der Waals surface area contributed by atoms with Gasteiger partial charge in [0.2, 0.25) is 11.8 Å². The molecular formula is C18H29N5O2S. The molecular weight excluding hydrogens is 350 g/mol. The van der Waals surface area contributed by atoms with E-state index in [9.17, 15) is 4.79 Å². The van der Waals surface area contributed by atoms with Crippen molar-refractivity contribution in [3.63, 3.8) is 0 Å². The smallest absolute Gasteiger partial charge is 0.318 e. The van der Waals surface area contributed by atoms with E-state index in [-0.39, 0.29) is 17.6 Å². The minimum Gasteiger partial charge on any atom is -0.423 e. The van der Waals surface area contributed by atoms with Gasteiger partial charge in [-0.15, -0.1) is 10.2 Å². The van der Waals surface area contributed by atoms with E-state index < -0.39 is 0 Å². The number of hydrogen-bond acceptors (Lipinski definition) is 6. The second kappa shape index (κ2) is 7.76. The molecule has 0 aromatic carbocycles. The fourth-order valence-corrected chi connectivity index (χ4v) is 5.63. The molecule has 2 amide bonds. The summed E-state index contributed by atoms with van der Waals surface area (Å²) in [5.74, 6) is 3.54. The maximum atomic E-state index is 12.9. The molecule has 1 N–H and O–H groups in total. The number of carbonyl (C=O) groups is 1. The number of rotatable bonds is 4. The number of amides is 2. The number of carbonyl (C=O) groups excluding carboxylic acids is 1. The van der Waals surface area contributed by atoms with Crippen LogP contribution in [0.25, 0.3) is 0 Å². The van der Waals surface area contributed by atoms with Crippen molar-refractivity contribution in [2.45, 2.75) is 57.0 Å². The quantitative estimate of drug-likeness (QED) is 0.867. The average molecular weight is 380 g/mol. The molecule has 8 heteroatoms. The molecule has 0 spiro atoms. The first-order valence-electron chi connectivity index (χ1n) is 9.85. The predicted molar refractivity (Wildman–Crippen MR) is 101 cm³/mol. The van der Waals surface area contributed by atoms with Gasteiger partial charge in [-0.2, -0.15) is 11.8 Å². The van der Waals surface area contributed by atoms with Gasteiger partial charge in [0.05, 0.1) is 0 Å². The van der Waals surface area contributed by atoms with Crippen molar-refractivity contribution in [3.8, 4) is 0 Å². The van der Waals surface area contributed by atoms with E-state index >= 15 is 0 Å². The van der Waals surface area contributed by atoms with Crippen molar-refractivity contribution in [2.75, 3.05) is 37.7 Å². The Morgan fingerprint density at radius 1 is 1.23 bits per heavy atom. The summed E-state index contributed by atoms with van der Waals surface area (Å²) in [4.78, 5) is 17.4. The minimum atomic E-state index is -0.0814. The van der Waals surface area contributed by atoms with Gasteiger partial charge in [-0.25, -0.2) is 4.79 Å². The van der Waals surface area contributed by atoms with Crippen LogP contribution in [0, 0.1) is 6.92 Å². The zero-order valence-electron chi connectivity index (χ0n) is 15.6. The summed E-state index contributed by atoms with van der Waals surface area (Å²) in [5, 5.41) is 11.3. The zero-order valence-corrected chi connectivity index (χ0v) is 16.4. The largest absolute Gasteiger partial charge is 0.423 e. The Balaban J connectivity index is 1.40. The first kappa shape index (κ1) is 18.1. The fourth-order valence-electron chi connectivity index (χ4n) is 4.73. The molecule has 3 fully saturated rings. The molecule has 0 bridgehead atoms. The second-order valence-corrected chi connectivity index (χ2v) is 8.93. The van der Waals surface area contributed by atoms with Crippen molar-refractivity contribution >= 4 is 17.8 Å². The summed E-state index contributed by atoms with van der Waals surface area (Å²) in [7, 11) is 0. The normalized spacial score (nSPS) is 26.3. The Hall–Kier alpha value is -1.28. The molecule has 1 aromatic rings. The van der Waals surface area contributed by atoms with E-state index in [1.807, 2.05) is 16.7 Å². The van der Waals surface area contributed by atoms with Crippen molar-refractivity contribution in [1.29, 1.82) is 0 Å². The summed E-state index contributed by atoms with van der Waals surface area (Å²) in [6.45, 7) is 5.59. The third kappa shape index (κ3) is 3.58. The molecule has 4 rings (SSSR count). The van der Waals surface area contributed by atoms with Gasteiger partial charge in [0.1, 0.15) is 6.04 Å². The number of likely N-dealkylation sites (tertiary alicyclic amines) is 1. The third-order valence-electron chi connectivity index (χ3n) is 6.13. The van der Waals surface area contributed by atoms with Crippen LogP contribution in [-0.2, 0) is 0 Å². The van der Waals surface area contributed by atoms with Crippen LogP contribution in [0.15, 0.2) is 4.42 Å². The number of hydrogen-bond donors (Lipinski definition) is 1. The molecule has 0 radical (unpaired) electrons. The molecule has 2 aliphatic heterocycles. The van der Waals surface area contributed by atoms with Gasteiger partial charge in [-0.3, -0.25) is 4.90 Å². The van der Waals surface area contributed by atoms with E-state index in [0.29, 0.717) is 11.8 Å². The van der Waals surface area contributed by atoms with Crippen LogP contribution in [-0.4, -0.2) is 69.3 Å². The zero-order chi connectivity index (χ0) is 18.0. The molecule has 1 unspecified atom stereocenters. The Bertz CT molecular complexity index is 625. The minimum absolute atomic E-state index is 0.0148. The van der Waals surface area contributed by atoms with E-state index in [4.69, 9.17) is 4.42 Å². The molecule has 1 aliphatic carbocycles. The summed E-state index contributed by atoms with van der Waals surface area (Å²) in [6.07, 6.45) is 6.81. The van der Waals surface area contributed by atoms with Crippen LogP contribution in [0.5, 0.6) is 0 Å².